The summed E-state index contributed by atoms with van der Waals surface area (Å²) >= 11 is 0. The van der Waals surface area contributed by atoms with Crippen LogP contribution in [0.4, 0.5) is 0 Å². The Morgan fingerprint density at radius 3 is 2.94 bits per heavy atom. The molecule has 16 heavy (non-hydrogen) atoms. The Hall–Kier alpha value is -0.610. The molecule has 0 spiro atoms. The molecule has 4 heteroatoms. The van der Waals surface area contributed by atoms with Crippen LogP contribution in [0.2, 0.25) is 0 Å². The lowest BCUT2D eigenvalue weighted by molar-refractivity contribution is -0.137. The summed E-state index contributed by atoms with van der Waals surface area (Å²) < 4.78 is 5.36. The average molecular weight is 229 g/mol. The first-order chi connectivity index (χ1) is 7.72. The molecule has 4 nitrogen and oxygen atoms in total. The summed E-state index contributed by atoms with van der Waals surface area (Å²) in [5, 5.41) is 8.50. The molecule has 1 rings (SSSR count). The van der Waals surface area contributed by atoms with Gasteiger partial charge in [0.25, 0.3) is 0 Å². The molecule has 0 aromatic rings. The Kier molecular flexibility index (Phi) is 6.42. The predicted molar refractivity (Wildman–Crippen MR) is 62.6 cm³/mol. The molecule has 0 saturated carbocycles. The van der Waals surface area contributed by atoms with Crippen molar-refractivity contribution >= 4 is 5.97 Å². The Bertz CT molecular complexity index is 208. The summed E-state index contributed by atoms with van der Waals surface area (Å²) in [5.41, 5.74) is 0. The maximum absolute atomic E-state index is 10.3. The lowest BCUT2D eigenvalue weighted by atomic mass is 10.1. The highest BCUT2D eigenvalue weighted by atomic mass is 16.5. The van der Waals surface area contributed by atoms with Crippen LogP contribution in [0.1, 0.15) is 38.5 Å². The zero-order valence-electron chi connectivity index (χ0n) is 10.2. The molecule has 0 amide bonds. The van der Waals surface area contributed by atoms with E-state index in [0.29, 0.717) is 12.5 Å². The van der Waals surface area contributed by atoms with Crippen molar-refractivity contribution in [2.75, 3.05) is 26.7 Å². The molecule has 1 saturated heterocycles. The van der Waals surface area contributed by atoms with Gasteiger partial charge in [-0.2, -0.15) is 0 Å². The number of methoxy groups -OCH3 is 1. The number of rotatable bonds is 7. The molecule has 94 valence electrons. The minimum Gasteiger partial charge on any atom is -0.481 e. The topological polar surface area (TPSA) is 49.8 Å². The summed E-state index contributed by atoms with van der Waals surface area (Å²) in [6.45, 7) is 3.29. The highest BCUT2D eigenvalue weighted by Gasteiger charge is 2.18. The maximum Gasteiger partial charge on any atom is 0.303 e. The van der Waals surface area contributed by atoms with Crippen LogP contribution in [0.15, 0.2) is 0 Å². The van der Waals surface area contributed by atoms with Crippen molar-refractivity contribution < 1.29 is 14.6 Å². The van der Waals surface area contributed by atoms with E-state index in [-0.39, 0.29) is 0 Å². The number of aliphatic carboxylic acids is 1. The second kappa shape index (κ2) is 7.63. The van der Waals surface area contributed by atoms with Crippen molar-refractivity contribution in [2.24, 2.45) is 0 Å². The van der Waals surface area contributed by atoms with E-state index in [9.17, 15) is 4.79 Å². The number of ether oxygens (including phenoxy) is 1. The third kappa shape index (κ3) is 5.47. The van der Waals surface area contributed by atoms with Gasteiger partial charge in [-0.1, -0.05) is 6.42 Å². The van der Waals surface area contributed by atoms with Gasteiger partial charge in [0.2, 0.25) is 0 Å². The van der Waals surface area contributed by atoms with E-state index in [1.807, 2.05) is 0 Å². The van der Waals surface area contributed by atoms with Gasteiger partial charge in [-0.05, 0) is 38.8 Å². The van der Waals surface area contributed by atoms with Crippen LogP contribution in [0.5, 0.6) is 0 Å². The fraction of sp³-hybridized carbons (Fsp3) is 0.917. The molecule has 1 N–H and O–H groups in total. The highest BCUT2D eigenvalue weighted by molar-refractivity contribution is 5.66. The van der Waals surface area contributed by atoms with E-state index in [1.165, 1.54) is 19.4 Å². The first-order valence-corrected chi connectivity index (χ1v) is 6.19. The van der Waals surface area contributed by atoms with Gasteiger partial charge in [-0.25, -0.2) is 0 Å². The van der Waals surface area contributed by atoms with Crippen LogP contribution >= 0.6 is 0 Å². The van der Waals surface area contributed by atoms with Crippen molar-refractivity contribution in [1.82, 2.24) is 4.90 Å². The van der Waals surface area contributed by atoms with Crippen molar-refractivity contribution in [2.45, 2.75) is 44.6 Å². The van der Waals surface area contributed by atoms with Gasteiger partial charge in [0.15, 0.2) is 0 Å². The summed E-state index contributed by atoms with van der Waals surface area (Å²) in [5.74, 6) is -0.683. The van der Waals surface area contributed by atoms with E-state index in [4.69, 9.17) is 9.84 Å². The monoisotopic (exact) mass is 229 g/mol. The zero-order valence-corrected chi connectivity index (χ0v) is 10.2. The first-order valence-electron chi connectivity index (χ1n) is 6.19. The molecular formula is C12H23NO3. The lowest BCUT2D eigenvalue weighted by Crippen LogP contribution is -2.39. The molecule has 1 aliphatic heterocycles. The summed E-state index contributed by atoms with van der Waals surface area (Å²) in [6, 6.07) is 0. The van der Waals surface area contributed by atoms with E-state index >= 15 is 0 Å². The Morgan fingerprint density at radius 2 is 2.25 bits per heavy atom. The summed E-state index contributed by atoms with van der Waals surface area (Å²) in [6.07, 6.45) is 6.01. The minimum absolute atomic E-state index is 0.306. The third-order valence-electron chi connectivity index (χ3n) is 3.16. The fourth-order valence-electron chi connectivity index (χ4n) is 2.20. The number of likely N-dealkylation sites (tertiary alicyclic amines) is 1. The van der Waals surface area contributed by atoms with Crippen molar-refractivity contribution in [3.05, 3.63) is 0 Å². The standard InChI is InChI=1S/C12H23NO3/c1-16-11-6-5-9-13(10-11)8-4-2-3-7-12(14)15/h11H,2-10H2,1H3,(H,14,15)/t11-/m1/s1. The average Bonchev–Trinajstić information content (AvgIpc) is 2.28. The number of hydrogen-bond acceptors (Lipinski definition) is 3. The number of unbranched alkanes of at least 4 members (excludes halogenated alkanes) is 2. The maximum atomic E-state index is 10.3. The summed E-state index contributed by atoms with van der Waals surface area (Å²) in [4.78, 5) is 12.7. The number of piperidine rings is 1. The van der Waals surface area contributed by atoms with E-state index < -0.39 is 5.97 Å². The number of nitrogens with zero attached hydrogens (tertiary/aromatic N) is 1. The molecule has 1 heterocycles. The number of carboxylic acid groups (broad SMARTS) is 1. The molecule has 0 bridgehead atoms. The van der Waals surface area contributed by atoms with Crippen molar-refractivity contribution in [3.8, 4) is 0 Å². The summed E-state index contributed by atoms with van der Waals surface area (Å²) in [7, 11) is 1.78. The van der Waals surface area contributed by atoms with Gasteiger partial charge in [-0.3, -0.25) is 4.79 Å². The van der Waals surface area contributed by atoms with Crippen molar-refractivity contribution in [3.63, 3.8) is 0 Å². The SMILES string of the molecule is CO[C@@H]1CCCN(CCCCCC(=O)O)C1. The Morgan fingerprint density at radius 1 is 1.44 bits per heavy atom. The van der Waals surface area contributed by atoms with Crippen LogP contribution in [-0.4, -0.2) is 48.8 Å². The lowest BCUT2D eigenvalue weighted by Gasteiger charge is -2.31. The molecule has 0 unspecified atom stereocenters. The van der Waals surface area contributed by atoms with E-state index in [2.05, 4.69) is 4.90 Å². The quantitative estimate of drug-likeness (QED) is 0.676. The van der Waals surface area contributed by atoms with Gasteiger partial charge in [0.05, 0.1) is 6.10 Å². The smallest absolute Gasteiger partial charge is 0.303 e. The zero-order chi connectivity index (χ0) is 11.8. The molecule has 1 fully saturated rings. The first kappa shape index (κ1) is 13.5. The molecule has 0 aliphatic carbocycles. The predicted octanol–water partition coefficient (Wildman–Crippen LogP) is 1.74. The Balaban J connectivity index is 2.01. The number of carboxylic acids is 1. The number of hydrogen-bond donors (Lipinski definition) is 1. The number of carbonyl (C=O) groups is 1. The second-order valence-electron chi connectivity index (χ2n) is 4.50. The van der Waals surface area contributed by atoms with E-state index in [0.717, 1.165) is 32.4 Å². The van der Waals surface area contributed by atoms with Gasteiger partial charge in [-0.15, -0.1) is 0 Å². The molecule has 0 radical (unpaired) electrons. The van der Waals surface area contributed by atoms with Crippen LogP contribution < -0.4 is 0 Å². The second-order valence-corrected chi connectivity index (χ2v) is 4.50. The van der Waals surface area contributed by atoms with Crippen LogP contribution in [0.3, 0.4) is 0 Å². The molecule has 1 aliphatic rings. The highest BCUT2D eigenvalue weighted by Crippen LogP contribution is 2.13. The Labute approximate surface area is 97.6 Å². The van der Waals surface area contributed by atoms with Crippen LogP contribution in [0, 0.1) is 0 Å². The third-order valence-corrected chi connectivity index (χ3v) is 3.16. The molecule has 0 aromatic carbocycles. The van der Waals surface area contributed by atoms with Gasteiger partial charge in [0.1, 0.15) is 0 Å². The van der Waals surface area contributed by atoms with E-state index in [1.54, 1.807) is 7.11 Å². The normalized spacial score (nSPS) is 22.2. The van der Waals surface area contributed by atoms with Gasteiger partial charge < -0.3 is 14.7 Å². The molecular weight excluding hydrogens is 206 g/mol. The molecule has 0 aromatic heterocycles. The van der Waals surface area contributed by atoms with Crippen LogP contribution in [-0.2, 0) is 9.53 Å². The fourth-order valence-corrected chi connectivity index (χ4v) is 2.20. The largest absolute Gasteiger partial charge is 0.481 e. The van der Waals surface area contributed by atoms with Crippen molar-refractivity contribution in [1.29, 1.82) is 0 Å². The van der Waals surface area contributed by atoms with Gasteiger partial charge in [0, 0.05) is 20.1 Å². The van der Waals surface area contributed by atoms with Crippen LogP contribution in [0.25, 0.3) is 0 Å². The minimum atomic E-state index is -0.683. The molecule has 1 atom stereocenters. The van der Waals surface area contributed by atoms with Gasteiger partial charge >= 0.3 is 5.97 Å².